The first-order valence-electron chi connectivity index (χ1n) is 7.35. The highest BCUT2D eigenvalue weighted by Crippen LogP contribution is 2.07. The number of amides is 1. The zero-order chi connectivity index (χ0) is 14.1. The van der Waals surface area contributed by atoms with Gasteiger partial charge in [-0.2, -0.15) is 0 Å². The fourth-order valence-electron chi connectivity index (χ4n) is 1.82. The van der Waals surface area contributed by atoms with Crippen molar-refractivity contribution in [2.45, 2.75) is 65.2 Å². The van der Waals surface area contributed by atoms with Crippen LogP contribution in [0, 0.1) is 0 Å². The molecule has 0 aliphatic rings. The van der Waals surface area contributed by atoms with Gasteiger partial charge in [-0.05, 0) is 6.42 Å². The average molecular weight is 266 g/mol. The van der Waals surface area contributed by atoms with Crippen molar-refractivity contribution < 1.29 is 4.79 Å². The molecule has 5 heteroatoms. The molecule has 0 saturated heterocycles. The van der Waals surface area contributed by atoms with Gasteiger partial charge >= 0.3 is 0 Å². The third kappa shape index (κ3) is 5.85. The van der Waals surface area contributed by atoms with Crippen molar-refractivity contribution in [3.8, 4) is 0 Å². The summed E-state index contributed by atoms with van der Waals surface area (Å²) in [5.41, 5.74) is 0. The number of nitrogens with zero attached hydrogens (tertiary/aromatic N) is 2. The molecule has 1 rings (SSSR count). The van der Waals surface area contributed by atoms with Crippen molar-refractivity contribution in [3.63, 3.8) is 0 Å². The van der Waals surface area contributed by atoms with Gasteiger partial charge < -0.3 is 5.32 Å². The molecule has 0 aliphatic heterocycles. The van der Waals surface area contributed by atoms with E-state index in [2.05, 4.69) is 27.4 Å². The number of aromatic amines is 1. The first-order chi connectivity index (χ1) is 9.15. The number of hydrogen-bond donors (Lipinski definition) is 2. The Labute approximate surface area is 115 Å². The molecule has 108 valence electrons. The molecule has 1 aromatic rings. The van der Waals surface area contributed by atoms with E-state index < -0.39 is 0 Å². The number of unbranched alkanes of at least 4 members (excludes halogenated alkanes) is 5. The number of rotatable bonds is 9. The summed E-state index contributed by atoms with van der Waals surface area (Å²) in [4.78, 5) is 15.9. The monoisotopic (exact) mass is 266 g/mol. The summed E-state index contributed by atoms with van der Waals surface area (Å²) < 4.78 is 0. The van der Waals surface area contributed by atoms with Gasteiger partial charge in [0.05, 0.1) is 0 Å². The molecule has 0 atom stereocenters. The zero-order valence-electron chi connectivity index (χ0n) is 12.3. The largest absolute Gasteiger partial charge is 0.349 e. The molecule has 0 aromatic carbocycles. The lowest BCUT2D eigenvalue weighted by atomic mass is 10.1. The minimum absolute atomic E-state index is 0.184. The van der Waals surface area contributed by atoms with Crippen molar-refractivity contribution in [3.05, 3.63) is 11.6 Å². The first-order valence-corrected chi connectivity index (χ1v) is 7.35. The van der Waals surface area contributed by atoms with Gasteiger partial charge in [-0.25, -0.2) is 4.98 Å². The van der Waals surface area contributed by atoms with Crippen LogP contribution in [0.3, 0.4) is 0 Å². The Bertz CT molecular complexity index is 373. The molecule has 0 aliphatic carbocycles. The molecule has 1 heterocycles. The highest BCUT2D eigenvalue weighted by Gasteiger charge is 2.13. The fraction of sp³-hybridized carbons (Fsp3) is 0.786. The van der Waals surface area contributed by atoms with Gasteiger partial charge in [0.2, 0.25) is 5.82 Å². The van der Waals surface area contributed by atoms with Crippen LogP contribution in [-0.2, 0) is 0 Å². The van der Waals surface area contributed by atoms with Crippen molar-refractivity contribution >= 4 is 5.91 Å². The van der Waals surface area contributed by atoms with Gasteiger partial charge in [0.15, 0.2) is 0 Å². The molecular formula is C14H26N4O. The molecular weight excluding hydrogens is 240 g/mol. The topological polar surface area (TPSA) is 70.7 Å². The standard InChI is InChI=1S/C14H26N4O/c1-4-5-6-7-8-9-10-15-14(19)13-16-12(11(2)3)17-18-13/h11H,4-10H2,1-3H3,(H,15,19)(H,16,17,18). The van der Waals surface area contributed by atoms with E-state index in [9.17, 15) is 4.79 Å². The van der Waals surface area contributed by atoms with Crippen molar-refractivity contribution in [2.24, 2.45) is 0 Å². The van der Waals surface area contributed by atoms with E-state index in [4.69, 9.17) is 0 Å². The van der Waals surface area contributed by atoms with Gasteiger partial charge in [0, 0.05) is 12.5 Å². The Morgan fingerprint density at radius 1 is 1.21 bits per heavy atom. The van der Waals surface area contributed by atoms with Gasteiger partial charge in [-0.1, -0.05) is 52.9 Å². The SMILES string of the molecule is CCCCCCCCNC(=O)c1n[nH]c(C(C)C)n1. The number of H-pyrrole nitrogens is 1. The third-order valence-electron chi connectivity index (χ3n) is 3.07. The van der Waals surface area contributed by atoms with Gasteiger partial charge in [0.1, 0.15) is 5.82 Å². The summed E-state index contributed by atoms with van der Waals surface area (Å²) in [7, 11) is 0. The lowest BCUT2D eigenvalue weighted by Gasteiger charge is -2.02. The Morgan fingerprint density at radius 3 is 2.53 bits per heavy atom. The summed E-state index contributed by atoms with van der Waals surface area (Å²) >= 11 is 0. The molecule has 0 unspecified atom stereocenters. The van der Waals surface area contributed by atoms with Crippen molar-refractivity contribution in [2.75, 3.05) is 6.54 Å². The second kappa shape index (κ2) is 8.67. The van der Waals surface area contributed by atoms with Crippen molar-refractivity contribution in [1.82, 2.24) is 20.5 Å². The van der Waals surface area contributed by atoms with Crippen molar-refractivity contribution in [1.29, 1.82) is 0 Å². The van der Waals surface area contributed by atoms with Gasteiger partial charge in [-0.3, -0.25) is 9.89 Å². The van der Waals surface area contributed by atoms with E-state index in [1.165, 1.54) is 32.1 Å². The van der Waals surface area contributed by atoms with E-state index in [0.717, 1.165) is 12.2 Å². The van der Waals surface area contributed by atoms with Crippen LogP contribution in [0.5, 0.6) is 0 Å². The molecule has 0 fully saturated rings. The summed E-state index contributed by atoms with van der Waals surface area (Å²) in [5, 5.41) is 9.58. The Hall–Kier alpha value is -1.39. The average Bonchev–Trinajstić information content (AvgIpc) is 2.87. The van der Waals surface area contributed by atoms with Gasteiger partial charge in [0.25, 0.3) is 5.91 Å². The number of hydrogen-bond acceptors (Lipinski definition) is 3. The smallest absolute Gasteiger partial charge is 0.290 e. The predicted molar refractivity (Wildman–Crippen MR) is 76.2 cm³/mol. The lowest BCUT2D eigenvalue weighted by Crippen LogP contribution is -2.25. The Morgan fingerprint density at radius 2 is 1.89 bits per heavy atom. The molecule has 5 nitrogen and oxygen atoms in total. The highest BCUT2D eigenvalue weighted by atomic mass is 16.2. The number of carbonyl (C=O) groups is 1. The number of carbonyl (C=O) groups excluding carboxylic acids is 1. The van der Waals surface area contributed by atoms with E-state index in [1.807, 2.05) is 13.8 Å². The zero-order valence-corrected chi connectivity index (χ0v) is 12.3. The summed E-state index contributed by atoms with van der Waals surface area (Å²) in [5.74, 6) is 1.07. The minimum Gasteiger partial charge on any atom is -0.349 e. The molecule has 0 saturated carbocycles. The molecule has 1 aromatic heterocycles. The molecule has 0 radical (unpaired) electrons. The minimum atomic E-state index is -0.184. The quantitative estimate of drug-likeness (QED) is 0.675. The third-order valence-corrected chi connectivity index (χ3v) is 3.07. The highest BCUT2D eigenvalue weighted by molar-refractivity contribution is 5.90. The van der Waals surface area contributed by atoms with E-state index >= 15 is 0 Å². The second-order valence-corrected chi connectivity index (χ2v) is 5.22. The van der Waals surface area contributed by atoms with Crippen LogP contribution >= 0.6 is 0 Å². The van der Waals surface area contributed by atoms with Crippen LogP contribution in [0.2, 0.25) is 0 Å². The summed E-state index contributed by atoms with van der Waals surface area (Å²) in [6.45, 7) is 6.94. The second-order valence-electron chi connectivity index (χ2n) is 5.22. The molecule has 1 amide bonds. The number of aromatic nitrogens is 3. The van der Waals surface area contributed by atoms with Crippen LogP contribution in [0.25, 0.3) is 0 Å². The maximum Gasteiger partial charge on any atom is 0.290 e. The van der Waals surface area contributed by atoms with E-state index in [1.54, 1.807) is 0 Å². The lowest BCUT2D eigenvalue weighted by molar-refractivity contribution is 0.0943. The predicted octanol–water partition coefficient (Wildman–Crippen LogP) is 3.02. The molecule has 2 N–H and O–H groups in total. The summed E-state index contributed by atoms with van der Waals surface area (Å²) in [6.07, 6.45) is 7.31. The van der Waals surface area contributed by atoms with E-state index in [-0.39, 0.29) is 17.6 Å². The summed E-state index contributed by atoms with van der Waals surface area (Å²) in [6, 6.07) is 0. The van der Waals surface area contributed by atoms with Crippen LogP contribution < -0.4 is 5.32 Å². The Balaban J connectivity index is 2.16. The van der Waals surface area contributed by atoms with Crippen LogP contribution in [0.15, 0.2) is 0 Å². The molecule has 19 heavy (non-hydrogen) atoms. The van der Waals surface area contributed by atoms with Crippen LogP contribution in [-0.4, -0.2) is 27.6 Å². The first kappa shape index (κ1) is 15.7. The normalized spacial score (nSPS) is 10.9. The Kier molecular flexibility index (Phi) is 7.15. The van der Waals surface area contributed by atoms with Gasteiger partial charge in [-0.15, -0.1) is 5.10 Å². The maximum atomic E-state index is 11.8. The molecule has 0 spiro atoms. The van der Waals surface area contributed by atoms with Crippen LogP contribution in [0.1, 0.15) is 81.7 Å². The number of nitrogens with one attached hydrogen (secondary N) is 2. The fourth-order valence-corrected chi connectivity index (χ4v) is 1.82. The van der Waals surface area contributed by atoms with E-state index in [0.29, 0.717) is 6.54 Å². The molecule has 0 bridgehead atoms. The maximum absolute atomic E-state index is 11.8. The van der Waals surface area contributed by atoms with Crippen LogP contribution in [0.4, 0.5) is 0 Å².